The van der Waals surface area contributed by atoms with Crippen LogP contribution in [0.5, 0.6) is 0 Å². The third-order valence-corrected chi connectivity index (χ3v) is 3.75. The highest BCUT2D eigenvalue weighted by Crippen LogP contribution is 2.45. The van der Waals surface area contributed by atoms with Crippen molar-refractivity contribution in [2.45, 2.75) is 56.8 Å². The number of fused-ring (bicyclic) bond motifs is 1. The number of ether oxygens (including phenoxy) is 5. The van der Waals surface area contributed by atoms with E-state index < -0.39 is 23.8 Å². The van der Waals surface area contributed by atoms with E-state index in [0.717, 1.165) is 0 Å². The minimum absolute atomic E-state index is 0.222. The van der Waals surface area contributed by atoms with E-state index in [0.29, 0.717) is 0 Å². The maximum absolute atomic E-state index is 9.71. The molecule has 0 spiro atoms. The highest BCUT2D eigenvalue weighted by Gasteiger charge is 2.64. The van der Waals surface area contributed by atoms with E-state index in [2.05, 4.69) is 0 Å². The monoisotopic (exact) mass is 262 g/mol. The second-order valence-electron chi connectivity index (χ2n) is 5.23. The SMILES string of the molecule is CO[C@@H](C)[C@@]1(CO)O[C@@H]2OC(C)(C)O[C@@H]2[C@@H]1OC. The molecule has 2 fully saturated rings. The first kappa shape index (κ1) is 14.2. The normalized spacial score (nSPS) is 44.0. The number of rotatable bonds is 4. The Morgan fingerprint density at radius 2 is 1.89 bits per heavy atom. The quantitative estimate of drug-likeness (QED) is 0.784. The van der Waals surface area contributed by atoms with Crippen molar-refractivity contribution in [3.63, 3.8) is 0 Å². The van der Waals surface area contributed by atoms with Gasteiger partial charge < -0.3 is 28.8 Å². The van der Waals surface area contributed by atoms with Crippen molar-refractivity contribution in [1.82, 2.24) is 0 Å². The fourth-order valence-electron chi connectivity index (χ4n) is 2.73. The van der Waals surface area contributed by atoms with Gasteiger partial charge in [0.15, 0.2) is 12.1 Å². The molecule has 0 amide bonds. The molecule has 2 aliphatic heterocycles. The molecule has 2 heterocycles. The van der Waals surface area contributed by atoms with Gasteiger partial charge >= 0.3 is 0 Å². The zero-order valence-corrected chi connectivity index (χ0v) is 11.5. The molecule has 0 aromatic carbocycles. The molecule has 6 heteroatoms. The Hall–Kier alpha value is -0.240. The van der Waals surface area contributed by atoms with Gasteiger partial charge in [0, 0.05) is 14.2 Å². The second-order valence-corrected chi connectivity index (χ2v) is 5.23. The Balaban J connectivity index is 2.26. The highest BCUT2D eigenvalue weighted by atomic mass is 16.8. The Kier molecular flexibility index (Phi) is 3.70. The van der Waals surface area contributed by atoms with Gasteiger partial charge in [-0.1, -0.05) is 0 Å². The zero-order chi connectivity index (χ0) is 13.6. The van der Waals surface area contributed by atoms with Crippen molar-refractivity contribution in [3.8, 4) is 0 Å². The zero-order valence-electron chi connectivity index (χ0n) is 11.5. The number of aliphatic hydroxyl groups is 1. The molecule has 6 nitrogen and oxygen atoms in total. The maximum atomic E-state index is 9.71. The van der Waals surface area contributed by atoms with Gasteiger partial charge in [0.05, 0.1) is 12.7 Å². The molecule has 2 aliphatic rings. The first-order valence-electron chi connectivity index (χ1n) is 6.10. The molecule has 0 radical (unpaired) electrons. The van der Waals surface area contributed by atoms with Crippen molar-refractivity contribution in [2.75, 3.05) is 20.8 Å². The molecular formula is C12H22O6. The fourth-order valence-corrected chi connectivity index (χ4v) is 2.73. The van der Waals surface area contributed by atoms with Gasteiger partial charge in [-0.15, -0.1) is 0 Å². The largest absolute Gasteiger partial charge is 0.393 e. The molecule has 0 bridgehead atoms. The molecule has 18 heavy (non-hydrogen) atoms. The Morgan fingerprint density at radius 1 is 1.22 bits per heavy atom. The molecule has 0 aromatic rings. The van der Waals surface area contributed by atoms with Crippen molar-refractivity contribution in [1.29, 1.82) is 0 Å². The van der Waals surface area contributed by atoms with Gasteiger partial charge in [0.2, 0.25) is 0 Å². The van der Waals surface area contributed by atoms with Crippen LogP contribution in [0.4, 0.5) is 0 Å². The highest BCUT2D eigenvalue weighted by molar-refractivity contribution is 5.07. The third-order valence-electron chi connectivity index (χ3n) is 3.75. The average molecular weight is 262 g/mol. The molecule has 0 saturated carbocycles. The van der Waals surface area contributed by atoms with Crippen molar-refractivity contribution in [2.24, 2.45) is 0 Å². The molecule has 1 N–H and O–H groups in total. The van der Waals surface area contributed by atoms with E-state index >= 15 is 0 Å². The van der Waals surface area contributed by atoms with Crippen LogP contribution in [0.1, 0.15) is 20.8 Å². The van der Waals surface area contributed by atoms with Crippen LogP contribution in [0, 0.1) is 0 Å². The van der Waals surface area contributed by atoms with Gasteiger partial charge in [-0.05, 0) is 20.8 Å². The first-order chi connectivity index (χ1) is 8.40. The summed E-state index contributed by atoms with van der Waals surface area (Å²) >= 11 is 0. The van der Waals surface area contributed by atoms with Gasteiger partial charge in [0.25, 0.3) is 0 Å². The number of aliphatic hydroxyl groups excluding tert-OH is 1. The van der Waals surface area contributed by atoms with E-state index in [1.807, 2.05) is 20.8 Å². The van der Waals surface area contributed by atoms with E-state index in [4.69, 9.17) is 23.7 Å². The first-order valence-corrected chi connectivity index (χ1v) is 6.10. The topological polar surface area (TPSA) is 66.4 Å². The lowest BCUT2D eigenvalue weighted by molar-refractivity contribution is -0.268. The molecule has 0 unspecified atom stereocenters. The van der Waals surface area contributed by atoms with Crippen molar-refractivity contribution < 1.29 is 28.8 Å². The molecular weight excluding hydrogens is 240 g/mol. The van der Waals surface area contributed by atoms with Crippen LogP contribution in [0.15, 0.2) is 0 Å². The molecule has 106 valence electrons. The summed E-state index contributed by atoms with van der Waals surface area (Å²) in [4.78, 5) is 0. The number of hydrogen-bond acceptors (Lipinski definition) is 6. The van der Waals surface area contributed by atoms with Crippen molar-refractivity contribution >= 4 is 0 Å². The summed E-state index contributed by atoms with van der Waals surface area (Å²) in [7, 11) is 3.13. The summed E-state index contributed by atoms with van der Waals surface area (Å²) in [5.41, 5.74) is -0.963. The standard InChI is InChI=1S/C12H22O6/c1-7(14-4)12(6-13)9(15-5)8-10(18-12)17-11(2,3)16-8/h7-10,13H,6H2,1-5H3/t7-,8+,9-,10-,12+/m0/s1. The van der Waals surface area contributed by atoms with E-state index in [-0.39, 0.29) is 18.8 Å². The fraction of sp³-hybridized carbons (Fsp3) is 1.00. The van der Waals surface area contributed by atoms with Gasteiger partial charge in [0.1, 0.15) is 17.8 Å². The van der Waals surface area contributed by atoms with Crippen LogP contribution in [0.2, 0.25) is 0 Å². The van der Waals surface area contributed by atoms with Gasteiger partial charge in [-0.25, -0.2) is 0 Å². The van der Waals surface area contributed by atoms with Crippen LogP contribution >= 0.6 is 0 Å². The maximum Gasteiger partial charge on any atom is 0.190 e. The van der Waals surface area contributed by atoms with Gasteiger partial charge in [-0.2, -0.15) is 0 Å². The average Bonchev–Trinajstić information content (AvgIpc) is 2.76. The molecule has 2 saturated heterocycles. The van der Waals surface area contributed by atoms with Crippen LogP contribution in [0.3, 0.4) is 0 Å². The summed E-state index contributed by atoms with van der Waals surface area (Å²) in [6.45, 7) is 5.25. The van der Waals surface area contributed by atoms with E-state index in [1.165, 1.54) is 0 Å². The summed E-state index contributed by atoms with van der Waals surface area (Å²) < 4.78 is 28.1. The summed E-state index contributed by atoms with van der Waals surface area (Å²) in [5.74, 6) is -0.704. The Morgan fingerprint density at radius 3 is 2.39 bits per heavy atom. The molecule has 5 atom stereocenters. The predicted octanol–water partition coefficient (Wildman–Crippen LogP) is 0.275. The lowest BCUT2D eigenvalue weighted by Crippen LogP contribution is -2.56. The smallest absolute Gasteiger partial charge is 0.190 e. The van der Waals surface area contributed by atoms with E-state index in [9.17, 15) is 5.11 Å². The lowest BCUT2D eigenvalue weighted by atomic mass is 9.90. The minimum Gasteiger partial charge on any atom is -0.393 e. The summed E-state index contributed by atoms with van der Waals surface area (Å²) in [6.07, 6.45) is -1.69. The summed E-state index contributed by atoms with van der Waals surface area (Å²) in [6, 6.07) is 0. The number of methoxy groups -OCH3 is 2. The van der Waals surface area contributed by atoms with Crippen LogP contribution < -0.4 is 0 Å². The second kappa shape index (κ2) is 4.70. The minimum atomic E-state index is -0.963. The molecule has 0 aromatic heterocycles. The van der Waals surface area contributed by atoms with Crippen LogP contribution in [0.25, 0.3) is 0 Å². The lowest BCUT2D eigenvalue weighted by Gasteiger charge is -2.38. The molecule has 2 rings (SSSR count). The predicted molar refractivity (Wildman–Crippen MR) is 62.0 cm³/mol. The number of hydrogen-bond donors (Lipinski definition) is 1. The van der Waals surface area contributed by atoms with Crippen LogP contribution in [-0.4, -0.2) is 61.9 Å². The third kappa shape index (κ3) is 1.97. The van der Waals surface area contributed by atoms with Crippen molar-refractivity contribution in [3.05, 3.63) is 0 Å². The van der Waals surface area contributed by atoms with Gasteiger partial charge in [-0.3, -0.25) is 0 Å². The van der Waals surface area contributed by atoms with E-state index in [1.54, 1.807) is 14.2 Å². The molecule has 0 aliphatic carbocycles. The Labute approximate surface area is 107 Å². The van der Waals surface area contributed by atoms with Crippen LogP contribution in [-0.2, 0) is 23.7 Å². The summed E-state index contributed by atoms with van der Waals surface area (Å²) in [5, 5.41) is 9.71. The Bertz CT molecular complexity index is 307.